The molecule has 1 aliphatic heterocycles. The summed E-state index contributed by atoms with van der Waals surface area (Å²) < 4.78 is 10.3. The summed E-state index contributed by atoms with van der Waals surface area (Å²) in [7, 11) is 5.03. The van der Waals surface area contributed by atoms with Crippen molar-refractivity contribution in [1.29, 1.82) is 0 Å². The topological polar surface area (TPSA) is 75.9 Å². The van der Waals surface area contributed by atoms with Crippen molar-refractivity contribution >= 4 is 11.9 Å². The van der Waals surface area contributed by atoms with E-state index in [4.69, 9.17) is 9.26 Å². The van der Waals surface area contributed by atoms with Crippen molar-refractivity contribution in [2.45, 2.75) is 45.3 Å². The Morgan fingerprint density at radius 2 is 2.03 bits per heavy atom. The lowest BCUT2D eigenvalue weighted by Gasteiger charge is -2.34. The SMILES string of the molecule is COC(=O)[C@@]1(C)C[C@@H](C(=O)N(C)Cc2cc(C)no2)[C@@H](c2ccccc2C)N1C. The van der Waals surface area contributed by atoms with Gasteiger partial charge in [0.1, 0.15) is 5.54 Å². The molecular formula is C22H29N3O4. The second-order valence-corrected chi connectivity index (χ2v) is 8.12. The van der Waals surface area contributed by atoms with Crippen molar-refractivity contribution in [3.63, 3.8) is 0 Å². The first kappa shape index (κ1) is 21.0. The molecule has 0 radical (unpaired) electrons. The van der Waals surface area contributed by atoms with Crippen molar-refractivity contribution in [2.24, 2.45) is 5.92 Å². The molecule has 2 heterocycles. The lowest BCUT2D eigenvalue weighted by atomic mass is 9.87. The number of hydrogen-bond acceptors (Lipinski definition) is 6. The Morgan fingerprint density at radius 3 is 2.62 bits per heavy atom. The predicted molar refractivity (Wildman–Crippen MR) is 108 cm³/mol. The number of carbonyl (C=O) groups excluding carboxylic acids is 2. The Kier molecular flexibility index (Phi) is 5.80. The molecular weight excluding hydrogens is 370 g/mol. The molecule has 0 unspecified atom stereocenters. The number of nitrogens with zero attached hydrogens (tertiary/aromatic N) is 3. The van der Waals surface area contributed by atoms with Crippen molar-refractivity contribution in [3.8, 4) is 0 Å². The Labute approximate surface area is 171 Å². The highest BCUT2D eigenvalue weighted by molar-refractivity contribution is 5.86. The van der Waals surface area contributed by atoms with Crippen LogP contribution in [0.4, 0.5) is 0 Å². The number of aryl methyl sites for hydroxylation is 2. The minimum Gasteiger partial charge on any atom is -0.468 e. The van der Waals surface area contributed by atoms with Crippen LogP contribution in [-0.2, 0) is 20.9 Å². The van der Waals surface area contributed by atoms with Gasteiger partial charge in [-0.3, -0.25) is 14.5 Å². The first-order valence-electron chi connectivity index (χ1n) is 9.73. The molecule has 0 spiro atoms. The molecule has 3 atom stereocenters. The van der Waals surface area contributed by atoms with E-state index in [1.165, 1.54) is 7.11 Å². The zero-order valence-corrected chi connectivity index (χ0v) is 17.9. The Bertz CT molecular complexity index is 909. The van der Waals surface area contributed by atoms with Crippen LogP contribution in [0.25, 0.3) is 0 Å². The minimum absolute atomic E-state index is 0.0354. The zero-order valence-electron chi connectivity index (χ0n) is 17.9. The highest BCUT2D eigenvalue weighted by atomic mass is 16.5. The fraction of sp³-hybridized carbons (Fsp3) is 0.500. The molecule has 29 heavy (non-hydrogen) atoms. The molecule has 0 saturated carbocycles. The Hall–Kier alpha value is -2.67. The third kappa shape index (κ3) is 3.79. The summed E-state index contributed by atoms with van der Waals surface area (Å²) in [5.41, 5.74) is 2.03. The van der Waals surface area contributed by atoms with E-state index in [0.29, 0.717) is 18.7 Å². The van der Waals surface area contributed by atoms with E-state index < -0.39 is 5.54 Å². The molecule has 2 aromatic rings. The van der Waals surface area contributed by atoms with Crippen molar-refractivity contribution in [1.82, 2.24) is 15.0 Å². The van der Waals surface area contributed by atoms with Gasteiger partial charge in [0, 0.05) is 19.2 Å². The van der Waals surface area contributed by atoms with Crippen molar-refractivity contribution in [3.05, 3.63) is 52.9 Å². The van der Waals surface area contributed by atoms with Crippen LogP contribution >= 0.6 is 0 Å². The van der Waals surface area contributed by atoms with Gasteiger partial charge in [0.05, 0.1) is 25.3 Å². The number of methoxy groups -OCH3 is 1. The fourth-order valence-electron chi connectivity index (χ4n) is 4.36. The van der Waals surface area contributed by atoms with Crippen LogP contribution in [0.3, 0.4) is 0 Å². The van der Waals surface area contributed by atoms with Gasteiger partial charge in [-0.25, -0.2) is 0 Å². The molecule has 156 valence electrons. The van der Waals surface area contributed by atoms with Gasteiger partial charge >= 0.3 is 5.97 Å². The summed E-state index contributed by atoms with van der Waals surface area (Å²) in [6.07, 6.45) is 0.383. The van der Waals surface area contributed by atoms with Gasteiger partial charge in [-0.05, 0) is 45.4 Å². The molecule has 7 nitrogen and oxygen atoms in total. The maximum absolute atomic E-state index is 13.5. The van der Waals surface area contributed by atoms with Crippen LogP contribution in [-0.4, -0.2) is 53.6 Å². The second-order valence-electron chi connectivity index (χ2n) is 8.12. The zero-order chi connectivity index (χ0) is 21.3. The molecule has 0 bridgehead atoms. The third-order valence-electron chi connectivity index (χ3n) is 6.09. The van der Waals surface area contributed by atoms with Crippen molar-refractivity contribution < 1.29 is 18.8 Å². The van der Waals surface area contributed by atoms with Gasteiger partial charge in [-0.2, -0.15) is 0 Å². The van der Waals surface area contributed by atoms with Crippen LogP contribution in [0, 0.1) is 19.8 Å². The van der Waals surface area contributed by atoms with E-state index in [1.807, 2.05) is 63.1 Å². The standard InChI is InChI=1S/C22H29N3O4/c1-14-9-7-8-10-17(14)19-18(12-22(3,25(19)5)21(27)28-6)20(26)24(4)13-16-11-15(2)23-29-16/h7-11,18-19H,12-13H2,1-6H3/t18-,19-,22-/m1/s1. The average molecular weight is 399 g/mol. The number of likely N-dealkylation sites (N-methyl/N-ethyl adjacent to an activating group) is 1. The second kappa shape index (κ2) is 7.99. The van der Waals surface area contributed by atoms with E-state index in [2.05, 4.69) is 5.16 Å². The lowest BCUT2D eigenvalue weighted by Crippen LogP contribution is -2.47. The summed E-state index contributed by atoms with van der Waals surface area (Å²) >= 11 is 0. The Morgan fingerprint density at radius 1 is 1.34 bits per heavy atom. The van der Waals surface area contributed by atoms with Gasteiger partial charge in [0.15, 0.2) is 5.76 Å². The fourth-order valence-corrected chi connectivity index (χ4v) is 4.36. The molecule has 1 aromatic carbocycles. The predicted octanol–water partition coefficient (Wildman–Crippen LogP) is 2.87. The molecule has 1 fully saturated rings. The summed E-state index contributed by atoms with van der Waals surface area (Å²) in [4.78, 5) is 29.7. The number of carbonyl (C=O) groups is 2. The summed E-state index contributed by atoms with van der Waals surface area (Å²) in [6, 6.07) is 9.59. The summed E-state index contributed by atoms with van der Waals surface area (Å²) in [6.45, 7) is 6.04. The summed E-state index contributed by atoms with van der Waals surface area (Å²) in [5, 5.41) is 3.89. The van der Waals surface area contributed by atoms with Crippen LogP contribution in [0.1, 0.15) is 42.0 Å². The summed E-state index contributed by atoms with van der Waals surface area (Å²) in [5.74, 6) is -0.124. The molecule has 0 aliphatic carbocycles. The average Bonchev–Trinajstić information content (AvgIpc) is 3.22. The quantitative estimate of drug-likeness (QED) is 0.720. The molecule has 1 amide bonds. The van der Waals surface area contributed by atoms with Gasteiger partial charge in [-0.15, -0.1) is 0 Å². The van der Waals surface area contributed by atoms with Crippen molar-refractivity contribution in [2.75, 3.05) is 21.2 Å². The van der Waals surface area contributed by atoms with E-state index in [9.17, 15) is 9.59 Å². The maximum atomic E-state index is 13.5. The first-order chi connectivity index (χ1) is 13.7. The Balaban J connectivity index is 1.95. The number of amides is 1. The van der Waals surface area contributed by atoms with Crippen LogP contribution < -0.4 is 0 Å². The first-order valence-corrected chi connectivity index (χ1v) is 9.73. The molecule has 1 aliphatic rings. The van der Waals surface area contributed by atoms with Crippen LogP contribution in [0.2, 0.25) is 0 Å². The minimum atomic E-state index is -0.883. The number of rotatable bonds is 5. The number of benzene rings is 1. The molecule has 1 aromatic heterocycles. The maximum Gasteiger partial charge on any atom is 0.326 e. The molecule has 0 N–H and O–H groups in total. The highest BCUT2D eigenvalue weighted by Crippen LogP contribution is 2.47. The third-order valence-corrected chi connectivity index (χ3v) is 6.09. The van der Waals surface area contributed by atoms with Crippen LogP contribution in [0.5, 0.6) is 0 Å². The highest BCUT2D eigenvalue weighted by Gasteiger charge is 2.55. The van der Waals surface area contributed by atoms with Gasteiger partial charge in [-0.1, -0.05) is 29.4 Å². The number of aromatic nitrogens is 1. The van der Waals surface area contributed by atoms with E-state index in [1.54, 1.807) is 11.9 Å². The van der Waals surface area contributed by atoms with Gasteiger partial charge in [0.2, 0.25) is 5.91 Å². The van der Waals surface area contributed by atoms with Crippen LogP contribution in [0.15, 0.2) is 34.9 Å². The number of ether oxygens (including phenoxy) is 1. The van der Waals surface area contributed by atoms with E-state index in [0.717, 1.165) is 16.8 Å². The molecule has 3 rings (SSSR count). The lowest BCUT2D eigenvalue weighted by molar-refractivity contribution is -0.152. The molecule has 1 saturated heterocycles. The molecule has 7 heteroatoms. The number of esters is 1. The van der Waals surface area contributed by atoms with E-state index in [-0.39, 0.29) is 23.8 Å². The monoisotopic (exact) mass is 399 g/mol. The smallest absolute Gasteiger partial charge is 0.326 e. The number of likely N-dealkylation sites (tertiary alicyclic amines) is 1. The normalized spacial score (nSPS) is 24.5. The van der Waals surface area contributed by atoms with E-state index >= 15 is 0 Å². The number of hydrogen-bond donors (Lipinski definition) is 0. The van der Waals surface area contributed by atoms with Gasteiger partial charge in [0.25, 0.3) is 0 Å². The largest absolute Gasteiger partial charge is 0.468 e. The van der Waals surface area contributed by atoms with Gasteiger partial charge < -0.3 is 14.2 Å².